The van der Waals surface area contributed by atoms with Crippen LogP contribution in [0.3, 0.4) is 0 Å². The molecule has 3 N–H and O–H groups in total. The van der Waals surface area contributed by atoms with Gasteiger partial charge in [0.05, 0.1) is 11.2 Å². The van der Waals surface area contributed by atoms with E-state index in [9.17, 15) is 4.79 Å². The zero-order chi connectivity index (χ0) is 22.6. The molecular weight excluding hydrogens is 418 g/mol. The van der Waals surface area contributed by atoms with Crippen LogP contribution in [0.15, 0.2) is 48.7 Å². The van der Waals surface area contributed by atoms with E-state index in [1.54, 1.807) is 0 Å². The monoisotopic (exact) mass is 449 g/mol. The first-order chi connectivity index (χ1) is 16.2. The van der Waals surface area contributed by atoms with E-state index in [1.807, 2.05) is 30.5 Å². The number of unbranched alkanes of at least 4 members (excludes halogenated alkanes) is 1. The molecule has 0 bridgehead atoms. The molecule has 8 nitrogen and oxygen atoms in total. The summed E-state index contributed by atoms with van der Waals surface area (Å²) in [4.78, 5) is 16.3. The molecule has 0 atom stereocenters. The number of nitrogens with zero attached hydrogens (tertiary/aromatic N) is 3. The molecule has 0 aliphatic carbocycles. The summed E-state index contributed by atoms with van der Waals surface area (Å²) in [6, 6.07) is 13.8. The number of hydrogen-bond donors (Lipinski definition) is 2. The maximum Gasteiger partial charge on any atom is 0.316 e. The maximum atomic E-state index is 11.3. The lowest BCUT2D eigenvalue weighted by molar-refractivity contribution is 0.171. The molecule has 1 fully saturated rings. The summed E-state index contributed by atoms with van der Waals surface area (Å²) in [5, 5.41) is 3.75. The van der Waals surface area contributed by atoms with Crippen molar-refractivity contribution < 1.29 is 14.3 Å². The highest BCUT2D eigenvalue weighted by molar-refractivity contribution is 6.00. The number of benzene rings is 2. The van der Waals surface area contributed by atoms with Gasteiger partial charge in [-0.25, -0.2) is 4.79 Å². The summed E-state index contributed by atoms with van der Waals surface area (Å²) >= 11 is 0. The van der Waals surface area contributed by atoms with Crippen LogP contribution in [0.2, 0.25) is 0 Å². The van der Waals surface area contributed by atoms with Crippen molar-refractivity contribution in [3.63, 3.8) is 0 Å². The second-order valence-corrected chi connectivity index (χ2v) is 8.61. The summed E-state index contributed by atoms with van der Waals surface area (Å²) in [6.07, 6.45) is 4.20. The zero-order valence-corrected chi connectivity index (χ0v) is 18.8. The first-order valence-electron chi connectivity index (χ1n) is 11.7. The highest BCUT2D eigenvalue weighted by atomic mass is 16.6. The number of aromatic nitrogens is 1. The zero-order valence-electron chi connectivity index (χ0n) is 18.8. The quantitative estimate of drug-likeness (QED) is 0.539. The maximum absolute atomic E-state index is 11.3. The van der Waals surface area contributed by atoms with Gasteiger partial charge in [0.15, 0.2) is 11.5 Å². The minimum absolute atomic E-state index is 0.534. The van der Waals surface area contributed by atoms with Gasteiger partial charge in [-0.1, -0.05) is 18.2 Å². The molecule has 33 heavy (non-hydrogen) atoms. The van der Waals surface area contributed by atoms with Gasteiger partial charge >= 0.3 is 6.03 Å². The summed E-state index contributed by atoms with van der Waals surface area (Å²) < 4.78 is 13.6. The van der Waals surface area contributed by atoms with Crippen LogP contribution in [0, 0.1) is 0 Å². The first-order valence-corrected chi connectivity index (χ1v) is 11.7. The lowest BCUT2D eigenvalue weighted by Crippen LogP contribution is -2.46. The van der Waals surface area contributed by atoms with Gasteiger partial charge in [0.25, 0.3) is 0 Å². The molecule has 8 heteroatoms. The number of primary amides is 1. The van der Waals surface area contributed by atoms with Gasteiger partial charge < -0.3 is 30.0 Å². The molecule has 174 valence electrons. The first kappa shape index (κ1) is 21.5. The van der Waals surface area contributed by atoms with E-state index >= 15 is 0 Å². The third-order valence-electron chi connectivity index (χ3n) is 6.43. The van der Waals surface area contributed by atoms with Crippen LogP contribution in [0.5, 0.6) is 11.5 Å². The average Bonchev–Trinajstić information content (AvgIpc) is 3.19. The van der Waals surface area contributed by atoms with Crippen LogP contribution in [0.4, 0.5) is 16.2 Å². The molecule has 2 aromatic carbocycles. The number of aryl methyl sites for hydroxylation is 1. The van der Waals surface area contributed by atoms with Crippen LogP contribution in [0.1, 0.15) is 12.8 Å². The summed E-state index contributed by atoms with van der Waals surface area (Å²) in [5.41, 5.74) is 8.42. The lowest BCUT2D eigenvalue weighted by Gasteiger charge is -2.36. The number of carbonyl (C=O) groups is 1. The largest absolute Gasteiger partial charge is 0.486 e. The molecule has 3 heterocycles. The molecule has 1 saturated heterocycles. The molecule has 2 aliphatic heterocycles. The van der Waals surface area contributed by atoms with Crippen LogP contribution >= 0.6 is 0 Å². The Morgan fingerprint density at radius 3 is 2.52 bits per heavy atom. The Kier molecular flexibility index (Phi) is 6.26. The minimum atomic E-state index is -0.534. The third kappa shape index (κ3) is 4.85. The van der Waals surface area contributed by atoms with Gasteiger partial charge in [0.1, 0.15) is 13.2 Å². The number of amides is 2. The summed E-state index contributed by atoms with van der Waals surface area (Å²) in [6.45, 7) is 7.41. The summed E-state index contributed by atoms with van der Waals surface area (Å²) in [7, 11) is 0. The SMILES string of the molecule is NC(=O)Nc1cn(CCCCN2CCN(c3ccc4c(c3)OCCO4)CC2)c2ccccc12. The van der Waals surface area contributed by atoms with Gasteiger partial charge in [-0.15, -0.1) is 0 Å². The van der Waals surface area contributed by atoms with E-state index in [4.69, 9.17) is 15.2 Å². The van der Waals surface area contributed by atoms with Gasteiger partial charge in [0.2, 0.25) is 0 Å². The van der Waals surface area contributed by atoms with Crippen LogP contribution in [-0.2, 0) is 6.54 Å². The Labute approximate surface area is 193 Å². The smallest absolute Gasteiger partial charge is 0.316 e. The van der Waals surface area contributed by atoms with Gasteiger partial charge in [-0.3, -0.25) is 4.90 Å². The Morgan fingerprint density at radius 1 is 0.939 bits per heavy atom. The number of nitrogens with one attached hydrogen (secondary N) is 1. The second kappa shape index (κ2) is 9.62. The Hall–Kier alpha value is -3.39. The number of urea groups is 1. The molecule has 5 rings (SSSR count). The second-order valence-electron chi connectivity index (χ2n) is 8.61. The number of hydrogen-bond acceptors (Lipinski definition) is 5. The Morgan fingerprint density at radius 2 is 1.70 bits per heavy atom. The number of fused-ring (bicyclic) bond motifs is 2. The van der Waals surface area contributed by atoms with Crippen molar-refractivity contribution in [3.8, 4) is 11.5 Å². The molecule has 0 spiro atoms. The molecule has 1 aromatic heterocycles. The minimum Gasteiger partial charge on any atom is -0.486 e. The van der Waals surface area contributed by atoms with E-state index in [2.05, 4.69) is 37.9 Å². The van der Waals surface area contributed by atoms with E-state index in [1.165, 1.54) is 5.69 Å². The van der Waals surface area contributed by atoms with Crippen molar-refractivity contribution in [2.24, 2.45) is 5.73 Å². The highest BCUT2D eigenvalue weighted by Gasteiger charge is 2.19. The Balaban J connectivity index is 1.10. The molecular formula is C25H31N5O3. The van der Waals surface area contributed by atoms with Gasteiger partial charge in [0, 0.05) is 56.1 Å². The molecule has 0 unspecified atom stereocenters. The average molecular weight is 450 g/mol. The number of rotatable bonds is 7. The predicted octanol–water partition coefficient (Wildman–Crippen LogP) is 3.51. The van der Waals surface area contributed by atoms with E-state index in [-0.39, 0.29) is 0 Å². The topological polar surface area (TPSA) is 85.0 Å². The van der Waals surface area contributed by atoms with Gasteiger partial charge in [-0.2, -0.15) is 0 Å². The number of piperazine rings is 1. The van der Waals surface area contributed by atoms with Crippen molar-refractivity contribution in [2.45, 2.75) is 19.4 Å². The highest BCUT2D eigenvalue weighted by Crippen LogP contribution is 2.34. The molecule has 0 saturated carbocycles. The predicted molar refractivity (Wildman–Crippen MR) is 130 cm³/mol. The fraction of sp³-hybridized carbons (Fsp3) is 0.400. The number of nitrogens with two attached hydrogens (primary N) is 1. The Bertz CT molecular complexity index is 1120. The van der Waals surface area contributed by atoms with Crippen LogP contribution in [-0.4, -0.2) is 61.4 Å². The lowest BCUT2D eigenvalue weighted by atomic mass is 10.2. The van der Waals surface area contributed by atoms with E-state index in [0.29, 0.717) is 13.2 Å². The number of ether oxygens (including phenoxy) is 2. The number of para-hydroxylation sites is 1. The van der Waals surface area contributed by atoms with Gasteiger partial charge in [-0.05, 0) is 37.6 Å². The molecule has 0 radical (unpaired) electrons. The molecule has 2 amide bonds. The standard InChI is InChI=1S/C25H31N5O3/c26-25(31)27-21-18-30(22-6-2-1-5-20(21)22)10-4-3-9-28-11-13-29(14-12-28)19-7-8-23-24(17-19)33-16-15-32-23/h1-2,5-8,17-18H,3-4,9-16H2,(H3,26,27,31). The third-order valence-corrected chi connectivity index (χ3v) is 6.43. The van der Waals surface area contributed by atoms with Crippen molar-refractivity contribution in [1.29, 1.82) is 0 Å². The van der Waals surface area contributed by atoms with Crippen molar-refractivity contribution in [2.75, 3.05) is 56.2 Å². The van der Waals surface area contributed by atoms with Crippen LogP contribution in [0.25, 0.3) is 10.9 Å². The van der Waals surface area contributed by atoms with Crippen molar-refractivity contribution >= 4 is 28.3 Å². The molecule has 2 aliphatic rings. The van der Waals surface area contributed by atoms with E-state index < -0.39 is 6.03 Å². The number of carbonyl (C=O) groups excluding carboxylic acids is 1. The van der Waals surface area contributed by atoms with E-state index in [0.717, 1.165) is 80.2 Å². The van der Waals surface area contributed by atoms with Crippen molar-refractivity contribution in [3.05, 3.63) is 48.7 Å². The fourth-order valence-electron chi connectivity index (χ4n) is 4.74. The fourth-order valence-corrected chi connectivity index (χ4v) is 4.74. The normalized spacial score (nSPS) is 16.2. The van der Waals surface area contributed by atoms with Crippen LogP contribution < -0.4 is 25.4 Å². The molecule has 3 aromatic rings. The van der Waals surface area contributed by atoms with Crippen molar-refractivity contribution in [1.82, 2.24) is 9.47 Å². The summed E-state index contributed by atoms with van der Waals surface area (Å²) in [5.74, 6) is 1.70. The number of anilines is 2.